The Balaban J connectivity index is 1.19. The van der Waals surface area contributed by atoms with Crippen molar-refractivity contribution in [3.8, 4) is 11.4 Å². The Morgan fingerprint density at radius 2 is 1.87 bits per heavy atom. The molecule has 0 radical (unpaired) electrons. The van der Waals surface area contributed by atoms with Crippen molar-refractivity contribution in [2.75, 3.05) is 26.2 Å². The van der Waals surface area contributed by atoms with Crippen LogP contribution in [0.25, 0.3) is 5.69 Å². The number of likely N-dealkylation sites (tertiary alicyclic amines) is 1. The largest absolute Gasteiger partial charge is 0.494 e. The van der Waals surface area contributed by atoms with Gasteiger partial charge in [0.15, 0.2) is 0 Å². The summed E-state index contributed by atoms with van der Waals surface area (Å²) in [5.74, 6) is 2.94. The molecule has 4 heteroatoms. The van der Waals surface area contributed by atoms with Gasteiger partial charge < -0.3 is 14.2 Å². The van der Waals surface area contributed by atoms with Gasteiger partial charge in [-0.2, -0.15) is 0 Å². The zero-order chi connectivity index (χ0) is 15.5. The van der Waals surface area contributed by atoms with Crippen LogP contribution >= 0.6 is 0 Å². The normalized spacial score (nSPS) is 24.0. The lowest BCUT2D eigenvalue weighted by Gasteiger charge is -2.16. The van der Waals surface area contributed by atoms with E-state index in [4.69, 9.17) is 4.74 Å². The van der Waals surface area contributed by atoms with Crippen LogP contribution in [0.15, 0.2) is 43.0 Å². The molecule has 1 saturated carbocycles. The topological polar surface area (TPSA) is 30.3 Å². The molecule has 1 saturated heterocycles. The van der Waals surface area contributed by atoms with E-state index in [0.29, 0.717) is 0 Å². The molecule has 23 heavy (non-hydrogen) atoms. The molecule has 0 spiro atoms. The SMILES string of the molecule is c1cn(-c2ccc(OCCCN3CC4CCCC4C3)cc2)cn1. The number of fused-ring (bicyclic) bond motifs is 1. The van der Waals surface area contributed by atoms with E-state index in [1.165, 1.54) is 38.9 Å². The molecule has 2 unspecified atom stereocenters. The summed E-state index contributed by atoms with van der Waals surface area (Å²) in [7, 11) is 0. The van der Waals surface area contributed by atoms with E-state index in [2.05, 4.69) is 22.0 Å². The highest BCUT2D eigenvalue weighted by Gasteiger charge is 2.35. The van der Waals surface area contributed by atoms with Crippen LogP contribution in [-0.4, -0.2) is 40.7 Å². The van der Waals surface area contributed by atoms with E-state index in [1.54, 1.807) is 12.5 Å². The van der Waals surface area contributed by atoms with E-state index in [-0.39, 0.29) is 0 Å². The van der Waals surface area contributed by atoms with E-state index in [0.717, 1.165) is 36.3 Å². The Morgan fingerprint density at radius 3 is 2.57 bits per heavy atom. The summed E-state index contributed by atoms with van der Waals surface area (Å²) in [4.78, 5) is 6.71. The molecule has 2 aromatic rings. The van der Waals surface area contributed by atoms with Gasteiger partial charge in [0.05, 0.1) is 12.9 Å². The van der Waals surface area contributed by atoms with Gasteiger partial charge in [0, 0.05) is 37.7 Å². The minimum atomic E-state index is 0.802. The summed E-state index contributed by atoms with van der Waals surface area (Å²) in [6.07, 6.45) is 11.0. The molecular weight excluding hydrogens is 286 g/mol. The Morgan fingerprint density at radius 1 is 1.09 bits per heavy atom. The van der Waals surface area contributed by atoms with Crippen molar-refractivity contribution in [2.24, 2.45) is 11.8 Å². The van der Waals surface area contributed by atoms with Gasteiger partial charge in [0.1, 0.15) is 5.75 Å². The minimum Gasteiger partial charge on any atom is -0.494 e. The first-order valence-corrected chi connectivity index (χ1v) is 8.82. The fraction of sp³-hybridized carbons (Fsp3) is 0.526. The molecule has 2 heterocycles. The predicted octanol–water partition coefficient (Wildman–Crippen LogP) is 3.37. The molecule has 0 N–H and O–H groups in total. The number of imidazole rings is 1. The predicted molar refractivity (Wildman–Crippen MR) is 90.9 cm³/mol. The monoisotopic (exact) mass is 311 g/mol. The standard InChI is InChI=1S/C19H25N3O/c1-3-16-13-21(14-17(16)4-1)10-2-12-23-19-7-5-18(6-8-19)22-11-9-20-15-22/h5-9,11,15-17H,1-4,10,12-14H2. The number of hydrogen-bond donors (Lipinski definition) is 0. The number of ether oxygens (including phenoxy) is 1. The third-order valence-corrected chi connectivity index (χ3v) is 5.33. The van der Waals surface area contributed by atoms with Crippen LogP contribution in [0, 0.1) is 11.8 Å². The van der Waals surface area contributed by atoms with Gasteiger partial charge in [-0.15, -0.1) is 0 Å². The van der Waals surface area contributed by atoms with Gasteiger partial charge in [0.2, 0.25) is 0 Å². The molecule has 4 nitrogen and oxygen atoms in total. The average Bonchev–Trinajstić information content (AvgIpc) is 3.29. The zero-order valence-corrected chi connectivity index (χ0v) is 13.6. The molecule has 2 atom stereocenters. The number of aromatic nitrogens is 2. The van der Waals surface area contributed by atoms with Crippen LogP contribution in [0.1, 0.15) is 25.7 Å². The smallest absolute Gasteiger partial charge is 0.119 e. The van der Waals surface area contributed by atoms with Gasteiger partial charge in [-0.3, -0.25) is 0 Å². The van der Waals surface area contributed by atoms with Crippen LogP contribution < -0.4 is 4.74 Å². The maximum Gasteiger partial charge on any atom is 0.119 e. The second-order valence-electron chi connectivity index (χ2n) is 6.88. The van der Waals surface area contributed by atoms with Crippen LogP contribution in [0.3, 0.4) is 0 Å². The van der Waals surface area contributed by atoms with E-state index >= 15 is 0 Å². The van der Waals surface area contributed by atoms with E-state index in [9.17, 15) is 0 Å². The van der Waals surface area contributed by atoms with Crippen molar-refractivity contribution in [2.45, 2.75) is 25.7 Å². The second kappa shape index (κ2) is 6.75. The van der Waals surface area contributed by atoms with Crippen LogP contribution in [0.4, 0.5) is 0 Å². The van der Waals surface area contributed by atoms with Crippen LogP contribution in [0.5, 0.6) is 5.75 Å². The number of nitrogens with zero attached hydrogens (tertiary/aromatic N) is 3. The molecule has 0 bridgehead atoms. The Bertz CT molecular complexity index is 596. The second-order valence-corrected chi connectivity index (χ2v) is 6.88. The Kier molecular flexibility index (Phi) is 4.33. The van der Waals surface area contributed by atoms with Crippen LogP contribution in [-0.2, 0) is 0 Å². The highest BCUT2D eigenvalue weighted by atomic mass is 16.5. The maximum absolute atomic E-state index is 5.88. The number of hydrogen-bond acceptors (Lipinski definition) is 3. The molecule has 1 aliphatic carbocycles. The summed E-state index contributed by atoms with van der Waals surface area (Å²) >= 11 is 0. The van der Waals surface area contributed by atoms with Crippen molar-refractivity contribution in [1.29, 1.82) is 0 Å². The lowest BCUT2D eigenvalue weighted by molar-refractivity contribution is 0.253. The van der Waals surface area contributed by atoms with Crippen molar-refractivity contribution in [1.82, 2.24) is 14.5 Å². The maximum atomic E-state index is 5.88. The van der Waals surface area contributed by atoms with E-state index < -0.39 is 0 Å². The lowest BCUT2D eigenvalue weighted by Crippen LogP contribution is -2.24. The number of rotatable bonds is 6. The molecule has 122 valence electrons. The third kappa shape index (κ3) is 3.42. The first-order chi connectivity index (χ1) is 11.4. The van der Waals surface area contributed by atoms with Gasteiger partial charge in [0.25, 0.3) is 0 Å². The summed E-state index contributed by atoms with van der Waals surface area (Å²) < 4.78 is 7.87. The summed E-state index contributed by atoms with van der Waals surface area (Å²) in [6.45, 7) is 4.63. The number of benzene rings is 1. The Labute approximate surface area is 138 Å². The van der Waals surface area contributed by atoms with Crippen molar-refractivity contribution < 1.29 is 4.74 Å². The molecular formula is C19H25N3O. The minimum absolute atomic E-state index is 0.802. The van der Waals surface area contributed by atoms with Gasteiger partial charge in [-0.25, -0.2) is 4.98 Å². The van der Waals surface area contributed by atoms with Crippen molar-refractivity contribution in [3.63, 3.8) is 0 Å². The highest BCUT2D eigenvalue weighted by Crippen LogP contribution is 2.37. The summed E-state index contributed by atoms with van der Waals surface area (Å²) in [5.41, 5.74) is 1.11. The lowest BCUT2D eigenvalue weighted by atomic mass is 10.0. The molecule has 0 amide bonds. The molecule has 1 aromatic carbocycles. The summed E-state index contributed by atoms with van der Waals surface area (Å²) in [5, 5.41) is 0. The first-order valence-electron chi connectivity index (χ1n) is 8.82. The quantitative estimate of drug-likeness (QED) is 0.766. The zero-order valence-electron chi connectivity index (χ0n) is 13.6. The molecule has 2 aliphatic rings. The summed E-state index contributed by atoms with van der Waals surface area (Å²) in [6, 6.07) is 8.21. The van der Waals surface area contributed by atoms with E-state index in [1.807, 2.05) is 22.9 Å². The molecule has 4 rings (SSSR count). The average molecular weight is 311 g/mol. The fourth-order valence-electron chi connectivity index (χ4n) is 4.12. The van der Waals surface area contributed by atoms with Crippen molar-refractivity contribution in [3.05, 3.63) is 43.0 Å². The van der Waals surface area contributed by atoms with Crippen LogP contribution in [0.2, 0.25) is 0 Å². The molecule has 2 fully saturated rings. The van der Waals surface area contributed by atoms with Gasteiger partial charge in [-0.05, 0) is 55.4 Å². The van der Waals surface area contributed by atoms with Gasteiger partial charge in [-0.1, -0.05) is 6.42 Å². The highest BCUT2D eigenvalue weighted by molar-refractivity contribution is 5.37. The first kappa shape index (κ1) is 14.8. The Hall–Kier alpha value is -1.81. The molecule has 1 aliphatic heterocycles. The molecule has 1 aromatic heterocycles. The van der Waals surface area contributed by atoms with Crippen molar-refractivity contribution >= 4 is 0 Å². The van der Waals surface area contributed by atoms with Gasteiger partial charge >= 0.3 is 0 Å². The third-order valence-electron chi connectivity index (χ3n) is 5.33. The fourth-order valence-corrected chi connectivity index (χ4v) is 4.12.